The van der Waals surface area contributed by atoms with Crippen molar-refractivity contribution >= 4 is 11.5 Å². The van der Waals surface area contributed by atoms with Crippen LogP contribution in [-0.2, 0) is 6.42 Å². The second kappa shape index (κ2) is 3.63. The van der Waals surface area contributed by atoms with Crippen LogP contribution in [0.5, 0.6) is 0 Å². The molecule has 0 aliphatic heterocycles. The third kappa shape index (κ3) is 1.73. The van der Waals surface area contributed by atoms with E-state index in [2.05, 4.69) is 14.3 Å². The number of hydrogen-bond donors (Lipinski definition) is 1. The van der Waals surface area contributed by atoms with Crippen LogP contribution in [0.25, 0.3) is 11.6 Å². The first-order valence-electron chi connectivity index (χ1n) is 3.81. The highest BCUT2D eigenvalue weighted by atomic mass is 32.1. The number of hydrogen-bond acceptors (Lipinski definition) is 6. The number of nitrogens with zero attached hydrogens (tertiary/aromatic N) is 3. The van der Waals surface area contributed by atoms with E-state index in [1.54, 1.807) is 6.20 Å². The number of nitrogens with two attached hydrogens (primary N) is 1. The Morgan fingerprint density at radius 1 is 1.54 bits per heavy atom. The Balaban J connectivity index is 2.23. The molecule has 2 aromatic heterocycles. The summed E-state index contributed by atoms with van der Waals surface area (Å²) < 4.78 is 9.17. The monoisotopic (exact) mass is 196 g/mol. The summed E-state index contributed by atoms with van der Waals surface area (Å²) in [6.45, 7) is 0.588. The lowest BCUT2D eigenvalue weighted by Gasteiger charge is -1.86. The summed E-state index contributed by atoms with van der Waals surface area (Å²) >= 11 is 1.34. The average molecular weight is 196 g/mol. The third-order valence-electron chi connectivity index (χ3n) is 1.48. The van der Waals surface area contributed by atoms with Crippen LogP contribution in [-0.4, -0.2) is 20.9 Å². The van der Waals surface area contributed by atoms with E-state index >= 15 is 0 Å². The molecule has 68 valence electrons. The third-order valence-corrected chi connectivity index (χ3v) is 2.25. The van der Waals surface area contributed by atoms with Gasteiger partial charge in [-0.15, -0.1) is 0 Å². The van der Waals surface area contributed by atoms with Crippen LogP contribution in [0, 0.1) is 0 Å². The van der Waals surface area contributed by atoms with Gasteiger partial charge >= 0.3 is 0 Å². The molecule has 2 rings (SSSR count). The quantitative estimate of drug-likeness (QED) is 0.781. The van der Waals surface area contributed by atoms with Gasteiger partial charge in [0.2, 0.25) is 5.82 Å². The van der Waals surface area contributed by atoms with E-state index < -0.39 is 0 Å². The van der Waals surface area contributed by atoms with Gasteiger partial charge in [0.15, 0.2) is 12.2 Å². The Morgan fingerprint density at radius 2 is 2.46 bits per heavy atom. The molecule has 6 heteroatoms. The summed E-state index contributed by atoms with van der Waals surface area (Å²) in [5.74, 6) is 1.19. The van der Waals surface area contributed by atoms with Gasteiger partial charge in [0, 0.05) is 6.42 Å². The lowest BCUT2D eigenvalue weighted by atomic mass is 10.4. The zero-order valence-electron chi connectivity index (χ0n) is 6.80. The summed E-state index contributed by atoms with van der Waals surface area (Å²) in [4.78, 5) is 8.02. The molecule has 0 fully saturated rings. The Labute approximate surface area is 78.8 Å². The average Bonchev–Trinajstić information content (AvgIpc) is 2.70. The van der Waals surface area contributed by atoms with Crippen molar-refractivity contribution in [3.63, 3.8) is 0 Å². The van der Waals surface area contributed by atoms with Crippen LogP contribution < -0.4 is 5.73 Å². The fourth-order valence-corrected chi connectivity index (χ4v) is 1.57. The second-order valence-electron chi connectivity index (χ2n) is 2.42. The largest absolute Gasteiger partial charge is 0.440 e. The standard InChI is InChI=1S/C7H8N4OS/c8-2-1-6-10-7(11-13-6)5-3-9-4-12-5/h3-4H,1-2,8H2. The molecule has 0 atom stereocenters. The summed E-state index contributed by atoms with van der Waals surface area (Å²) in [5.41, 5.74) is 5.39. The molecule has 2 heterocycles. The maximum Gasteiger partial charge on any atom is 0.210 e. The van der Waals surface area contributed by atoms with Crippen LogP contribution in [0.4, 0.5) is 0 Å². The van der Waals surface area contributed by atoms with E-state index in [4.69, 9.17) is 10.2 Å². The van der Waals surface area contributed by atoms with Gasteiger partial charge in [-0.1, -0.05) is 0 Å². The lowest BCUT2D eigenvalue weighted by Crippen LogP contribution is -2.01. The van der Waals surface area contributed by atoms with Crippen LogP contribution in [0.3, 0.4) is 0 Å². The molecular formula is C7H8N4OS. The van der Waals surface area contributed by atoms with Crippen molar-refractivity contribution in [1.82, 2.24) is 14.3 Å². The number of aromatic nitrogens is 3. The minimum absolute atomic E-state index is 0.588. The predicted molar refractivity (Wildman–Crippen MR) is 48.2 cm³/mol. The molecule has 2 aromatic rings. The van der Waals surface area contributed by atoms with Gasteiger partial charge in [0.05, 0.1) is 6.20 Å². The zero-order valence-corrected chi connectivity index (χ0v) is 7.62. The first-order valence-corrected chi connectivity index (χ1v) is 4.59. The minimum Gasteiger partial charge on any atom is -0.440 e. The van der Waals surface area contributed by atoms with Crippen LogP contribution in [0.2, 0.25) is 0 Å². The number of rotatable bonds is 3. The normalized spacial score (nSPS) is 10.5. The van der Waals surface area contributed by atoms with Crippen molar-refractivity contribution < 1.29 is 4.42 Å². The Bertz CT molecular complexity index is 370. The minimum atomic E-state index is 0.588. The summed E-state index contributed by atoms with van der Waals surface area (Å²) in [7, 11) is 0. The van der Waals surface area contributed by atoms with Crippen LogP contribution in [0.15, 0.2) is 17.0 Å². The van der Waals surface area contributed by atoms with Crippen molar-refractivity contribution in [2.75, 3.05) is 6.54 Å². The van der Waals surface area contributed by atoms with Gasteiger partial charge < -0.3 is 10.2 Å². The highest BCUT2D eigenvalue weighted by molar-refractivity contribution is 7.05. The van der Waals surface area contributed by atoms with E-state index in [0.29, 0.717) is 18.1 Å². The van der Waals surface area contributed by atoms with Crippen molar-refractivity contribution in [3.05, 3.63) is 17.6 Å². The van der Waals surface area contributed by atoms with Gasteiger partial charge in [-0.3, -0.25) is 0 Å². The molecule has 0 spiro atoms. The molecule has 0 bridgehead atoms. The van der Waals surface area contributed by atoms with E-state index in [1.165, 1.54) is 17.9 Å². The van der Waals surface area contributed by atoms with E-state index in [-0.39, 0.29) is 0 Å². The van der Waals surface area contributed by atoms with Crippen LogP contribution in [0.1, 0.15) is 5.01 Å². The van der Waals surface area contributed by atoms with E-state index in [9.17, 15) is 0 Å². The van der Waals surface area contributed by atoms with Crippen molar-refractivity contribution in [2.24, 2.45) is 5.73 Å². The van der Waals surface area contributed by atoms with Gasteiger partial charge in [0.25, 0.3) is 0 Å². The zero-order chi connectivity index (χ0) is 9.10. The molecular weight excluding hydrogens is 188 g/mol. The molecule has 0 saturated carbocycles. The molecule has 0 amide bonds. The van der Waals surface area contributed by atoms with Crippen LogP contribution >= 0.6 is 11.5 Å². The molecule has 0 aromatic carbocycles. The maximum atomic E-state index is 5.39. The molecule has 0 radical (unpaired) electrons. The topological polar surface area (TPSA) is 77.8 Å². The number of oxazole rings is 1. The first kappa shape index (κ1) is 8.33. The molecule has 0 aliphatic carbocycles. The van der Waals surface area contributed by atoms with Crippen molar-refractivity contribution in [1.29, 1.82) is 0 Å². The Hall–Kier alpha value is -1.27. The Morgan fingerprint density at radius 3 is 3.15 bits per heavy atom. The Kier molecular flexibility index (Phi) is 2.33. The molecule has 0 aliphatic rings. The van der Waals surface area contributed by atoms with Crippen molar-refractivity contribution in [3.8, 4) is 11.6 Å². The molecule has 0 unspecified atom stereocenters. The van der Waals surface area contributed by atoms with E-state index in [1.807, 2.05) is 0 Å². The van der Waals surface area contributed by atoms with E-state index in [0.717, 1.165) is 11.4 Å². The SMILES string of the molecule is NCCc1nc(-c2cnco2)ns1. The summed E-state index contributed by atoms with van der Waals surface area (Å²) in [6, 6.07) is 0. The smallest absolute Gasteiger partial charge is 0.210 e. The first-order chi connectivity index (χ1) is 6.40. The highest BCUT2D eigenvalue weighted by Gasteiger charge is 2.08. The predicted octanol–water partition coefficient (Wildman–Crippen LogP) is 0.694. The summed E-state index contributed by atoms with van der Waals surface area (Å²) in [5, 5.41) is 0.925. The molecule has 13 heavy (non-hydrogen) atoms. The molecule has 0 saturated heterocycles. The lowest BCUT2D eigenvalue weighted by molar-refractivity contribution is 0.568. The van der Waals surface area contributed by atoms with Gasteiger partial charge in [-0.25, -0.2) is 9.97 Å². The molecule has 2 N–H and O–H groups in total. The fourth-order valence-electron chi connectivity index (χ4n) is 0.906. The van der Waals surface area contributed by atoms with Gasteiger partial charge in [-0.2, -0.15) is 4.37 Å². The van der Waals surface area contributed by atoms with Crippen molar-refractivity contribution in [2.45, 2.75) is 6.42 Å². The maximum absolute atomic E-state index is 5.39. The van der Waals surface area contributed by atoms with Gasteiger partial charge in [0.1, 0.15) is 5.01 Å². The fraction of sp³-hybridized carbons (Fsp3) is 0.286. The van der Waals surface area contributed by atoms with Gasteiger partial charge in [-0.05, 0) is 18.1 Å². The highest BCUT2D eigenvalue weighted by Crippen LogP contribution is 2.16. The molecule has 5 nitrogen and oxygen atoms in total. The summed E-state index contributed by atoms with van der Waals surface area (Å²) in [6.07, 6.45) is 3.71. The second-order valence-corrected chi connectivity index (χ2v) is 3.25.